The lowest BCUT2D eigenvalue weighted by Gasteiger charge is -2.28. The van der Waals surface area contributed by atoms with Crippen molar-refractivity contribution in [2.24, 2.45) is 0 Å². The van der Waals surface area contributed by atoms with Gasteiger partial charge in [-0.25, -0.2) is 0 Å². The van der Waals surface area contributed by atoms with Gasteiger partial charge in [-0.15, -0.1) is 0 Å². The first-order chi connectivity index (χ1) is 8.20. The number of hydrogen-bond acceptors (Lipinski definition) is 2. The Hall–Kier alpha value is -0.440. The Labute approximate surface area is 119 Å². The number of halogens is 2. The highest BCUT2D eigenvalue weighted by atomic mass is 35.5. The summed E-state index contributed by atoms with van der Waals surface area (Å²) in [5.41, 5.74) is 0.576. The summed E-state index contributed by atoms with van der Waals surface area (Å²) < 4.78 is 6.05. The van der Waals surface area contributed by atoms with Crippen molar-refractivity contribution in [3.8, 4) is 0 Å². The number of benzene rings is 1. The minimum atomic E-state index is -0.216. The molecule has 1 aromatic carbocycles. The predicted octanol–water partition coefficient (Wildman–Crippen LogP) is 4.75. The third-order valence-corrected chi connectivity index (χ3v) is 3.88. The van der Waals surface area contributed by atoms with E-state index < -0.39 is 0 Å². The van der Waals surface area contributed by atoms with E-state index in [-0.39, 0.29) is 17.2 Å². The second-order valence-electron chi connectivity index (χ2n) is 5.99. The van der Waals surface area contributed by atoms with Gasteiger partial charge >= 0.3 is 0 Å². The van der Waals surface area contributed by atoms with E-state index in [4.69, 9.17) is 27.9 Å². The van der Waals surface area contributed by atoms with Gasteiger partial charge in [0.1, 0.15) is 0 Å². The molecule has 1 heterocycles. The fourth-order valence-electron chi connectivity index (χ4n) is 2.58. The maximum atomic E-state index is 6.18. The van der Waals surface area contributed by atoms with Crippen LogP contribution in [0.25, 0.3) is 0 Å². The Kier molecular flexibility index (Phi) is 3.56. The highest BCUT2D eigenvalue weighted by Crippen LogP contribution is 2.39. The van der Waals surface area contributed by atoms with Gasteiger partial charge in [0.2, 0.25) is 0 Å². The molecule has 1 aromatic rings. The lowest BCUT2D eigenvalue weighted by Crippen LogP contribution is -2.38. The number of rotatable bonds is 2. The molecular weight excluding hydrogens is 269 g/mol. The zero-order chi connectivity index (χ0) is 13.6. The van der Waals surface area contributed by atoms with Crippen molar-refractivity contribution >= 4 is 28.9 Å². The van der Waals surface area contributed by atoms with Gasteiger partial charge in [0, 0.05) is 5.02 Å². The predicted molar refractivity (Wildman–Crippen MR) is 77.7 cm³/mol. The molecule has 0 aromatic heterocycles. The number of nitrogens with one attached hydrogen (secondary N) is 1. The van der Waals surface area contributed by atoms with Crippen LogP contribution in [0, 0.1) is 0 Å². The van der Waals surface area contributed by atoms with Crippen LogP contribution >= 0.6 is 23.2 Å². The molecule has 1 unspecified atom stereocenters. The molecule has 18 heavy (non-hydrogen) atoms. The molecule has 2 rings (SSSR count). The van der Waals surface area contributed by atoms with Crippen LogP contribution in [0.15, 0.2) is 18.2 Å². The summed E-state index contributed by atoms with van der Waals surface area (Å²) in [6.45, 7) is 8.42. The second-order valence-corrected chi connectivity index (χ2v) is 6.83. The van der Waals surface area contributed by atoms with Crippen LogP contribution in [0.5, 0.6) is 0 Å². The minimum Gasteiger partial charge on any atom is -0.378 e. The first-order valence-corrected chi connectivity index (χ1v) is 6.87. The molecule has 4 heteroatoms. The van der Waals surface area contributed by atoms with Crippen LogP contribution in [0.3, 0.4) is 0 Å². The van der Waals surface area contributed by atoms with Gasteiger partial charge in [-0.1, -0.05) is 23.2 Å². The van der Waals surface area contributed by atoms with E-state index in [9.17, 15) is 0 Å². The average molecular weight is 288 g/mol. The van der Waals surface area contributed by atoms with Crippen molar-refractivity contribution < 1.29 is 4.74 Å². The van der Waals surface area contributed by atoms with E-state index in [1.807, 2.05) is 12.1 Å². The van der Waals surface area contributed by atoms with Crippen LogP contribution in [-0.2, 0) is 4.74 Å². The van der Waals surface area contributed by atoms with Crippen LogP contribution in [0.1, 0.15) is 34.1 Å². The summed E-state index contributed by atoms with van der Waals surface area (Å²) in [6.07, 6.45) is 0.943. The molecule has 1 atom stereocenters. The lowest BCUT2D eigenvalue weighted by molar-refractivity contribution is -0.0662. The fourth-order valence-corrected chi connectivity index (χ4v) is 3.04. The molecule has 2 nitrogen and oxygen atoms in total. The van der Waals surface area contributed by atoms with Crippen molar-refractivity contribution in [3.63, 3.8) is 0 Å². The van der Waals surface area contributed by atoms with E-state index in [1.165, 1.54) is 0 Å². The van der Waals surface area contributed by atoms with Crippen molar-refractivity contribution in [2.45, 2.75) is 51.4 Å². The Morgan fingerprint density at radius 2 is 1.89 bits per heavy atom. The van der Waals surface area contributed by atoms with Gasteiger partial charge in [0.25, 0.3) is 0 Å². The van der Waals surface area contributed by atoms with E-state index in [2.05, 4.69) is 33.0 Å². The zero-order valence-electron chi connectivity index (χ0n) is 11.2. The van der Waals surface area contributed by atoms with Crippen molar-refractivity contribution in [2.75, 3.05) is 5.32 Å². The summed E-state index contributed by atoms with van der Waals surface area (Å²) in [5.74, 6) is 0. The second kappa shape index (κ2) is 4.59. The third kappa shape index (κ3) is 2.93. The summed E-state index contributed by atoms with van der Waals surface area (Å²) in [6, 6.07) is 5.72. The smallest absolute Gasteiger partial charge is 0.0834 e. The zero-order valence-corrected chi connectivity index (χ0v) is 12.7. The number of ether oxygens (including phenoxy) is 1. The summed E-state index contributed by atoms with van der Waals surface area (Å²) in [5, 5.41) is 4.75. The molecule has 0 bridgehead atoms. The van der Waals surface area contributed by atoms with Crippen molar-refractivity contribution in [3.05, 3.63) is 28.2 Å². The Morgan fingerprint density at radius 3 is 2.39 bits per heavy atom. The SMILES string of the molecule is CC1(C)CC(Nc2ccc(Cl)cc2Cl)C(C)(C)O1. The summed E-state index contributed by atoms with van der Waals surface area (Å²) in [7, 11) is 0. The lowest BCUT2D eigenvalue weighted by atomic mass is 9.94. The molecule has 1 aliphatic rings. The monoisotopic (exact) mass is 287 g/mol. The molecule has 0 saturated carbocycles. The largest absolute Gasteiger partial charge is 0.378 e. The molecular formula is C14H19Cl2NO. The maximum absolute atomic E-state index is 6.18. The quantitative estimate of drug-likeness (QED) is 0.847. The van der Waals surface area contributed by atoms with E-state index in [0.29, 0.717) is 10.0 Å². The minimum absolute atomic E-state index is 0.111. The van der Waals surface area contributed by atoms with Crippen LogP contribution in [0.2, 0.25) is 10.0 Å². The summed E-state index contributed by atoms with van der Waals surface area (Å²) in [4.78, 5) is 0. The number of anilines is 1. The molecule has 0 radical (unpaired) electrons. The number of hydrogen-bond donors (Lipinski definition) is 1. The van der Waals surface area contributed by atoms with E-state index in [1.54, 1.807) is 6.07 Å². The van der Waals surface area contributed by atoms with Gasteiger partial charge in [-0.2, -0.15) is 0 Å². The normalized spacial score (nSPS) is 25.1. The van der Waals surface area contributed by atoms with Crippen LogP contribution < -0.4 is 5.32 Å². The average Bonchev–Trinajstić information content (AvgIpc) is 2.39. The molecule has 1 saturated heterocycles. The standard InChI is InChI=1S/C14H19Cl2NO/c1-13(2)8-12(14(3,4)18-13)17-11-6-5-9(15)7-10(11)16/h5-7,12,17H,8H2,1-4H3. The van der Waals surface area contributed by atoms with Crippen molar-refractivity contribution in [1.82, 2.24) is 0 Å². The highest BCUT2D eigenvalue weighted by Gasteiger charge is 2.45. The third-order valence-electron chi connectivity index (χ3n) is 3.34. The van der Waals surface area contributed by atoms with E-state index in [0.717, 1.165) is 12.1 Å². The maximum Gasteiger partial charge on any atom is 0.0834 e. The topological polar surface area (TPSA) is 21.3 Å². The van der Waals surface area contributed by atoms with Crippen LogP contribution in [-0.4, -0.2) is 17.2 Å². The summed E-state index contributed by atoms with van der Waals surface area (Å²) >= 11 is 12.1. The van der Waals surface area contributed by atoms with Gasteiger partial charge in [-0.05, 0) is 52.3 Å². The van der Waals surface area contributed by atoms with Crippen molar-refractivity contribution in [1.29, 1.82) is 0 Å². The molecule has 0 spiro atoms. The van der Waals surface area contributed by atoms with Crippen LogP contribution in [0.4, 0.5) is 5.69 Å². The molecule has 1 N–H and O–H groups in total. The molecule has 1 fully saturated rings. The van der Waals surface area contributed by atoms with E-state index >= 15 is 0 Å². The first-order valence-electron chi connectivity index (χ1n) is 6.11. The van der Waals surface area contributed by atoms with Gasteiger partial charge in [-0.3, -0.25) is 0 Å². The Balaban J connectivity index is 2.19. The molecule has 0 amide bonds. The van der Waals surface area contributed by atoms with Gasteiger partial charge < -0.3 is 10.1 Å². The Bertz CT molecular complexity index is 457. The first kappa shape index (κ1) is 14.0. The highest BCUT2D eigenvalue weighted by molar-refractivity contribution is 6.36. The van der Waals surface area contributed by atoms with Gasteiger partial charge in [0.15, 0.2) is 0 Å². The molecule has 100 valence electrons. The molecule has 0 aliphatic carbocycles. The molecule has 1 aliphatic heterocycles. The fraction of sp³-hybridized carbons (Fsp3) is 0.571. The van der Waals surface area contributed by atoms with Gasteiger partial charge in [0.05, 0.1) is 28.0 Å². The Morgan fingerprint density at radius 1 is 1.22 bits per heavy atom.